The zero-order chi connectivity index (χ0) is 9.68. The van der Waals surface area contributed by atoms with Crippen LogP contribution in [0, 0.1) is 5.92 Å². The predicted molar refractivity (Wildman–Crippen MR) is 51.2 cm³/mol. The van der Waals surface area contributed by atoms with Crippen LogP contribution in [0.1, 0.15) is 39.0 Å². The Kier molecular flexibility index (Phi) is 4.22. The highest BCUT2D eigenvalue weighted by Gasteiger charge is 2.16. The first kappa shape index (κ1) is 10.5. The zero-order valence-electron chi connectivity index (χ0n) is 8.29. The highest BCUT2D eigenvalue weighted by molar-refractivity contribution is 5.78. The van der Waals surface area contributed by atoms with E-state index in [1.54, 1.807) is 6.92 Å². The molecule has 1 aliphatic carbocycles. The molecular weight excluding hydrogens is 166 g/mol. The van der Waals surface area contributed by atoms with E-state index in [2.05, 4.69) is 0 Å². The normalized spacial score (nSPS) is 21.3. The van der Waals surface area contributed by atoms with Crippen molar-refractivity contribution >= 4 is 5.91 Å². The lowest BCUT2D eigenvalue weighted by atomic mass is 9.90. The molecule has 1 fully saturated rings. The van der Waals surface area contributed by atoms with Gasteiger partial charge in [0.25, 0.3) is 0 Å². The Labute approximate surface area is 79.6 Å². The Morgan fingerprint density at radius 1 is 1.46 bits per heavy atom. The molecular formula is C10H19NO2. The number of hydrogen-bond acceptors (Lipinski definition) is 2. The van der Waals surface area contributed by atoms with Crippen molar-refractivity contribution in [3.63, 3.8) is 0 Å². The van der Waals surface area contributed by atoms with Crippen LogP contribution in [0.5, 0.6) is 0 Å². The summed E-state index contributed by atoms with van der Waals surface area (Å²) in [5, 5.41) is 0. The van der Waals surface area contributed by atoms with Gasteiger partial charge in [-0.2, -0.15) is 0 Å². The highest BCUT2D eigenvalue weighted by atomic mass is 16.5. The number of rotatable bonds is 4. The highest BCUT2D eigenvalue weighted by Crippen LogP contribution is 2.23. The Morgan fingerprint density at radius 2 is 2.08 bits per heavy atom. The van der Waals surface area contributed by atoms with Crippen LogP contribution in [-0.2, 0) is 9.53 Å². The van der Waals surface area contributed by atoms with Crippen LogP contribution in [0.3, 0.4) is 0 Å². The number of ether oxygens (including phenoxy) is 1. The van der Waals surface area contributed by atoms with Crippen LogP contribution in [0.2, 0.25) is 0 Å². The number of primary amides is 1. The lowest BCUT2D eigenvalue weighted by Crippen LogP contribution is -2.30. The van der Waals surface area contributed by atoms with Gasteiger partial charge in [-0.25, -0.2) is 0 Å². The molecule has 0 radical (unpaired) electrons. The molecule has 0 aromatic rings. The summed E-state index contributed by atoms with van der Waals surface area (Å²) in [6.07, 6.45) is 6.01. The number of carbonyl (C=O) groups excluding carboxylic acids is 1. The maximum atomic E-state index is 10.7. The first-order valence-electron chi connectivity index (χ1n) is 5.11. The summed E-state index contributed by atoms with van der Waals surface area (Å²) in [7, 11) is 0. The van der Waals surface area contributed by atoms with Gasteiger partial charge in [0.2, 0.25) is 5.91 Å². The number of nitrogens with two attached hydrogens (primary N) is 1. The summed E-state index contributed by atoms with van der Waals surface area (Å²) < 4.78 is 5.37. The summed E-state index contributed by atoms with van der Waals surface area (Å²) >= 11 is 0. The van der Waals surface area contributed by atoms with Crippen LogP contribution >= 0.6 is 0 Å². The molecule has 1 aliphatic rings. The summed E-state index contributed by atoms with van der Waals surface area (Å²) in [6, 6.07) is 0. The standard InChI is InChI=1S/C10H19NO2/c1-8(10(11)12)13-7-9-5-3-2-4-6-9/h8-9H,2-7H2,1H3,(H2,11,12)/t8-/m0/s1. The van der Waals surface area contributed by atoms with Gasteiger partial charge < -0.3 is 10.5 Å². The molecule has 1 saturated carbocycles. The summed E-state index contributed by atoms with van der Waals surface area (Å²) in [4.78, 5) is 10.7. The molecule has 1 rings (SSSR count). The summed E-state index contributed by atoms with van der Waals surface area (Å²) in [5.74, 6) is 0.284. The second-order valence-corrected chi connectivity index (χ2v) is 3.88. The van der Waals surface area contributed by atoms with Crippen molar-refractivity contribution < 1.29 is 9.53 Å². The van der Waals surface area contributed by atoms with Gasteiger partial charge in [0.1, 0.15) is 6.10 Å². The maximum Gasteiger partial charge on any atom is 0.246 e. The third-order valence-corrected chi connectivity index (χ3v) is 2.71. The van der Waals surface area contributed by atoms with Gasteiger partial charge in [-0.05, 0) is 25.7 Å². The van der Waals surface area contributed by atoms with Gasteiger partial charge in [0.15, 0.2) is 0 Å². The van der Waals surface area contributed by atoms with Crippen LogP contribution in [0.4, 0.5) is 0 Å². The van der Waals surface area contributed by atoms with Crippen molar-refractivity contribution in [3.05, 3.63) is 0 Å². The second kappa shape index (κ2) is 5.22. The molecule has 0 saturated heterocycles. The summed E-state index contributed by atoms with van der Waals surface area (Å²) in [6.45, 7) is 2.41. The second-order valence-electron chi connectivity index (χ2n) is 3.88. The molecule has 0 bridgehead atoms. The van der Waals surface area contributed by atoms with Gasteiger partial charge in [0.05, 0.1) is 6.61 Å². The smallest absolute Gasteiger partial charge is 0.246 e. The van der Waals surface area contributed by atoms with Crippen LogP contribution in [0.15, 0.2) is 0 Å². The molecule has 0 aromatic heterocycles. The van der Waals surface area contributed by atoms with Gasteiger partial charge in [-0.3, -0.25) is 4.79 Å². The molecule has 0 heterocycles. The maximum absolute atomic E-state index is 10.7. The van der Waals surface area contributed by atoms with Crippen molar-refractivity contribution in [1.82, 2.24) is 0 Å². The average Bonchev–Trinajstić information content (AvgIpc) is 2.15. The Morgan fingerprint density at radius 3 is 2.62 bits per heavy atom. The lowest BCUT2D eigenvalue weighted by molar-refractivity contribution is -0.129. The largest absolute Gasteiger partial charge is 0.368 e. The van der Waals surface area contributed by atoms with Gasteiger partial charge >= 0.3 is 0 Å². The zero-order valence-corrected chi connectivity index (χ0v) is 8.29. The molecule has 3 heteroatoms. The van der Waals surface area contributed by atoms with E-state index in [1.807, 2.05) is 0 Å². The third-order valence-electron chi connectivity index (χ3n) is 2.71. The van der Waals surface area contributed by atoms with Crippen molar-refractivity contribution in [1.29, 1.82) is 0 Å². The minimum atomic E-state index is -0.429. The van der Waals surface area contributed by atoms with E-state index in [-0.39, 0.29) is 5.91 Å². The molecule has 2 N–H and O–H groups in total. The van der Waals surface area contributed by atoms with E-state index < -0.39 is 6.10 Å². The van der Waals surface area contributed by atoms with Crippen molar-refractivity contribution in [2.45, 2.75) is 45.1 Å². The van der Waals surface area contributed by atoms with E-state index in [0.29, 0.717) is 12.5 Å². The quantitative estimate of drug-likeness (QED) is 0.720. The molecule has 76 valence electrons. The Hall–Kier alpha value is -0.570. The fourth-order valence-corrected chi connectivity index (χ4v) is 1.72. The minimum Gasteiger partial charge on any atom is -0.368 e. The molecule has 0 aliphatic heterocycles. The van der Waals surface area contributed by atoms with E-state index in [0.717, 1.165) is 0 Å². The molecule has 0 aromatic carbocycles. The van der Waals surface area contributed by atoms with Crippen LogP contribution in [0.25, 0.3) is 0 Å². The first-order valence-corrected chi connectivity index (χ1v) is 5.11. The first-order chi connectivity index (χ1) is 6.20. The van der Waals surface area contributed by atoms with Gasteiger partial charge in [-0.1, -0.05) is 19.3 Å². The van der Waals surface area contributed by atoms with Crippen LogP contribution < -0.4 is 5.73 Å². The van der Waals surface area contributed by atoms with Gasteiger partial charge in [-0.15, -0.1) is 0 Å². The van der Waals surface area contributed by atoms with E-state index in [1.165, 1.54) is 32.1 Å². The summed E-state index contributed by atoms with van der Waals surface area (Å²) in [5.41, 5.74) is 5.09. The van der Waals surface area contributed by atoms with Crippen molar-refractivity contribution in [3.8, 4) is 0 Å². The monoisotopic (exact) mass is 185 g/mol. The molecule has 13 heavy (non-hydrogen) atoms. The fraction of sp³-hybridized carbons (Fsp3) is 0.900. The number of amides is 1. The fourth-order valence-electron chi connectivity index (χ4n) is 1.72. The Balaban J connectivity index is 2.13. The molecule has 0 spiro atoms. The van der Waals surface area contributed by atoms with E-state index in [4.69, 9.17) is 10.5 Å². The van der Waals surface area contributed by atoms with E-state index >= 15 is 0 Å². The van der Waals surface area contributed by atoms with Crippen LogP contribution in [-0.4, -0.2) is 18.6 Å². The Bertz CT molecular complexity index is 164. The molecule has 0 unspecified atom stereocenters. The lowest BCUT2D eigenvalue weighted by Gasteiger charge is -2.22. The van der Waals surface area contributed by atoms with Crippen molar-refractivity contribution in [2.75, 3.05) is 6.61 Å². The SMILES string of the molecule is C[C@H](OCC1CCCCC1)C(N)=O. The topological polar surface area (TPSA) is 52.3 Å². The predicted octanol–water partition coefficient (Wildman–Crippen LogP) is 1.46. The molecule has 1 amide bonds. The van der Waals surface area contributed by atoms with Gasteiger partial charge in [0, 0.05) is 0 Å². The minimum absolute atomic E-state index is 0.365. The number of hydrogen-bond donors (Lipinski definition) is 1. The van der Waals surface area contributed by atoms with E-state index in [9.17, 15) is 4.79 Å². The van der Waals surface area contributed by atoms with Crippen molar-refractivity contribution in [2.24, 2.45) is 11.7 Å². The number of carbonyl (C=O) groups is 1. The molecule has 1 atom stereocenters. The average molecular weight is 185 g/mol. The third kappa shape index (κ3) is 3.77. The molecule has 3 nitrogen and oxygen atoms in total.